The fourth-order valence-corrected chi connectivity index (χ4v) is 8.21. The van der Waals surface area contributed by atoms with Gasteiger partial charge >= 0.3 is 18.0 Å². The van der Waals surface area contributed by atoms with Gasteiger partial charge in [-0.25, -0.2) is 4.79 Å². The maximum atomic E-state index is 12.8. The van der Waals surface area contributed by atoms with E-state index in [9.17, 15) is 19.5 Å². The molecule has 0 bridgehead atoms. The van der Waals surface area contributed by atoms with Crippen LogP contribution in [-0.4, -0.2) is 96.5 Å². The fourth-order valence-electron chi connectivity index (χ4n) is 8.21. The molecule has 1 aliphatic heterocycles. The maximum absolute atomic E-state index is 12.8. The molecule has 1 fully saturated rings. The van der Waals surface area contributed by atoms with Crippen molar-refractivity contribution in [3.05, 3.63) is 0 Å². The number of ether oxygens (including phenoxy) is 2. The van der Waals surface area contributed by atoms with E-state index in [1.54, 1.807) is 16.8 Å². The lowest BCUT2D eigenvalue weighted by molar-refractivity contribution is -0.150. The number of amides is 2. The molecule has 0 radical (unpaired) electrons. The number of carbonyl (C=O) groups is 3. The summed E-state index contributed by atoms with van der Waals surface area (Å²) in [6, 6.07) is -0.0873. The van der Waals surface area contributed by atoms with Gasteiger partial charge in [-0.05, 0) is 83.8 Å². The first-order chi connectivity index (χ1) is 28.3. The van der Waals surface area contributed by atoms with Crippen molar-refractivity contribution in [2.75, 3.05) is 46.4 Å². The summed E-state index contributed by atoms with van der Waals surface area (Å²) in [7, 11) is 1.74. The highest BCUT2D eigenvalue weighted by atomic mass is 16.5. The van der Waals surface area contributed by atoms with E-state index in [4.69, 9.17) is 9.47 Å². The van der Waals surface area contributed by atoms with E-state index < -0.39 is 6.23 Å². The molecule has 0 spiro atoms. The number of aliphatic hydroxyl groups excluding tert-OH is 1. The number of hydrogen-bond donors (Lipinski definition) is 1. The van der Waals surface area contributed by atoms with Crippen molar-refractivity contribution in [2.45, 2.75) is 251 Å². The zero-order valence-corrected chi connectivity index (χ0v) is 38.8. The van der Waals surface area contributed by atoms with Gasteiger partial charge in [0.15, 0.2) is 0 Å². The summed E-state index contributed by atoms with van der Waals surface area (Å²) in [5.41, 5.74) is 0. The maximum Gasteiger partial charge on any atom is 0.322 e. The lowest BCUT2D eigenvalue weighted by atomic mass is 10.0. The van der Waals surface area contributed by atoms with Gasteiger partial charge in [-0.15, -0.1) is 0 Å². The van der Waals surface area contributed by atoms with Crippen molar-refractivity contribution in [1.29, 1.82) is 0 Å². The second kappa shape index (κ2) is 39.3. The number of urea groups is 1. The van der Waals surface area contributed by atoms with Crippen LogP contribution in [0.15, 0.2) is 0 Å². The van der Waals surface area contributed by atoms with Crippen LogP contribution in [0.4, 0.5) is 4.79 Å². The van der Waals surface area contributed by atoms with E-state index in [1.807, 2.05) is 0 Å². The van der Waals surface area contributed by atoms with Crippen LogP contribution in [0, 0.1) is 0 Å². The van der Waals surface area contributed by atoms with Crippen LogP contribution < -0.4 is 0 Å². The van der Waals surface area contributed by atoms with Crippen LogP contribution in [-0.2, 0) is 19.1 Å². The van der Waals surface area contributed by atoms with E-state index >= 15 is 0 Å². The summed E-state index contributed by atoms with van der Waals surface area (Å²) in [5, 5.41) is 10.3. The summed E-state index contributed by atoms with van der Waals surface area (Å²) in [6.45, 7) is 11.2. The molecular weight excluding hydrogens is 727 g/mol. The Morgan fingerprint density at radius 1 is 0.586 bits per heavy atom. The molecule has 2 amide bonds. The lowest BCUT2D eigenvalue weighted by Gasteiger charge is -2.25. The average molecular weight is 822 g/mol. The fraction of sp³-hybridized carbons (Fsp3) is 0.939. The van der Waals surface area contributed by atoms with Crippen LogP contribution in [0.3, 0.4) is 0 Å². The summed E-state index contributed by atoms with van der Waals surface area (Å²) in [5.74, 6) is -0.0456. The van der Waals surface area contributed by atoms with E-state index in [-0.39, 0.29) is 24.1 Å². The molecule has 9 nitrogen and oxygen atoms in total. The summed E-state index contributed by atoms with van der Waals surface area (Å²) in [6.07, 6.45) is 37.9. The summed E-state index contributed by atoms with van der Waals surface area (Å²) in [4.78, 5) is 43.1. The molecule has 342 valence electrons. The second-order valence-electron chi connectivity index (χ2n) is 17.6. The Morgan fingerprint density at radius 3 is 1.48 bits per heavy atom. The minimum Gasteiger partial charge on any atom is -0.466 e. The molecule has 1 aliphatic rings. The zero-order chi connectivity index (χ0) is 42.3. The van der Waals surface area contributed by atoms with E-state index in [0.29, 0.717) is 32.5 Å². The number of likely N-dealkylation sites (N-methyl/N-ethyl adjacent to an activating group) is 1. The lowest BCUT2D eigenvalue weighted by Crippen LogP contribution is -2.37. The molecule has 1 N–H and O–H groups in total. The number of carbonyl (C=O) groups excluding carboxylic acids is 3. The normalized spacial score (nSPS) is 14.4. The topological polar surface area (TPSA) is 99.6 Å². The Balaban J connectivity index is 2.34. The number of esters is 2. The van der Waals surface area contributed by atoms with Gasteiger partial charge in [0.05, 0.1) is 13.2 Å². The Kier molecular flexibility index (Phi) is 36.7. The van der Waals surface area contributed by atoms with E-state index in [1.165, 1.54) is 109 Å². The third kappa shape index (κ3) is 31.1. The number of hydrogen-bond acceptors (Lipinski definition) is 7. The number of rotatable bonds is 43. The molecular formula is C49H95N3O6. The van der Waals surface area contributed by atoms with Gasteiger partial charge in [-0.3, -0.25) is 14.5 Å². The summed E-state index contributed by atoms with van der Waals surface area (Å²) >= 11 is 0. The van der Waals surface area contributed by atoms with Crippen LogP contribution in [0.2, 0.25) is 0 Å². The van der Waals surface area contributed by atoms with Gasteiger partial charge in [0, 0.05) is 26.4 Å². The number of unbranched alkanes of at least 4 members (excludes halogenated alkanes) is 24. The van der Waals surface area contributed by atoms with Gasteiger partial charge in [0.2, 0.25) is 0 Å². The van der Waals surface area contributed by atoms with Crippen molar-refractivity contribution in [2.24, 2.45) is 0 Å². The van der Waals surface area contributed by atoms with Crippen molar-refractivity contribution in [3.63, 3.8) is 0 Å². The smallest absolute Gasteiger partial charge is 0.322 e. The first kappa shape index (κ1) is 54.1. The molecule has 0 saturated carbocycles. The Bertz CT molecular complexity index is 951. The Labute approximate surface area is 358 Å². The third-order valence-electron chi connectivity index (χ3n) is 12.0. The Morgan fingerprint density at radius 2 is 1.00 bits per heavy atom. The molecule has 0 aromatic heterocycles. The predicted octanol–water partition coefficient (Wildman–Crippen LogP) is 12.8. The van der Waals surface area contributed by atoms with Crippen molar-refractivity contribution >= 4 is 18.0 Å². The first-order valence-corrected chi connectivity index (χ1v) is 25.1. The molecule has 1 atom stereocenters. The van der Waals surface area contributed by atoms with Gasteiger partial charge < -0.3 is 24.4 Å². The highest BCUT2D eigenvalue weighted by molar-refractivity contribution is 5.76. The largest absolute Gasteiger partial charge is 0.466 e. The monoisotopic (exact) mass is 822 g/mol. The molecule has 9 heteroatoms. The van der Waals surface area contributed by atoms with Crippen molar-refractivity contribution in [3.8, 4) is 0 Å². The Hall–Kier alpha value is -1.87. The van der Waals surface area contributed by atoms with Crippen LogP contribution in [0.25, 0.3) is 0 Å². The number of β-amino-alcohol motifs (C(OH)–C–C–N with tert-alkyl or cyclic N) is 1. The summed E-state index contributed by atoms with van der Waals surface area (Å²) < 4.78 is 11.5. The highest BCUT2D eigenvalue weighted by Gasteiger charge is 2.33. The predicted molar refractivity (Wildman–Crippen MR) is 242 cm³/mol. The molecule has 0 aromatic rings. The standard InChI is InChI=1S/C49H95N3O6/c1-5-8-11-14-17-26-33-43-57-47(54)37-29-22-18-24-31-39-51(41-34-42-52-46(53)44-50(4)49(52)56)40-32-25-19-23-30-38-48(55)58-45(35-27-20-15-12-9-6-2)36-28-21-16-13-10-7-3/h45-46,53H,5-44H2,1-4H3. The van der Waals surface area contributed by atoms with Crippen molar-refractivity contribution < 1.29 is 29.0 Å². The number of aliphatic hydroxyl groups is 1. The zero-order valence-electron chi connectivity index (χ0n) is 38.8. The van der Waals surface area contributed by atoms with Gasteiger partial charge in [0.1, 0.15) is 12.3 Å². The van der Waals surface area contributed by atoms with Crippen LogP contribution in [0.5, 0.6) is 0 Å². The average Bonchev–Trinajstić information content (AvgIpc) is 3.45. The molecule has 58 heavy (non-hydrogen) atoms. The van der Waals surface area contributed by atoms with Gasteiger partial charge in [-0.2, -0.15) is 0 Å². The second-order valence-corrected chi connectivity index (χ2v) is 17.6. The van der Waals surface area contributed by atoms with E-state index in [0.717, 1.165) is 116 Å². The first-order valence-electron chi connectivity index (χ1n) is 25.1. The highest BCUT2D eigenvalue weighted by Crippen LogP contribution is 2.19. The quantitative estimate of drug-likeness (QED) is 0.0483. The number of nitrogens with zero attached hydrogens (tertiary/aromatic N) is 3. The third-order valence-corrected chi connectivity index (χ3v) is 12.0. The van der Waals surface area contributed by atoms with E-state index in [2.05, 4.69) is 25.7 Å². The van der Waals surface area contributed by atoms with Crippen LogP contribution in [0.1, 0.15) is 239 Å². The van der Waals surface area contributed by atoms with Crippen molar-refractivity contribution in [1.82, 2.24) is 14.7 Å². The molecule has 1 heterocycles. The SMILES string of the molecule is CCCCCCCCCOC(=O)CCCCCCCN(CCCCCCCC(=O)OC(CCCCCCCC)CCCCCCCC)CCCN1C(=O)N(C)CC1O. The molecule has 1 rings (SSSR count). The minimum atomic E-state index is -0.715. The minimum absolute atomic E-state index is 0.000303. The molecule has 1 saturated heterocycles. The molecule has 0 aromatic carbocycles. The molecule has 0 aliphatic carbocycles. The van der Waals surface area contributed by atoms with Gasteiger partial charge in [-0.1, -0.05) is 162 Å². The van der Waals surface area contributed by atoms with Gasteiger partial charge in [0.25, 0.3) is 0 Å². The molecule has 1 unspecified atom stereocenters. The van der Waals surface area contributed by atoms with Crippen LogP contribution >= 0.6 is 0 Å².